The number of nitrogens with zero attached hydrogens (tertiary/aromatic N) is 2. The van der Waals surface area contributed by atoms with Crippen molar-refractivity contribution in [1.82, 2.24) is 10.2 Å². The van der Waals surface area contributed by atoms with Crippen LogP contribution in [0.5, 0.6) is 0 Å². The Labute approximate surface area is 166 Å². The summed E-state index contributed by atoms with van der Waals surface area (Å²) in [6, 6.07) is 11.7. The Bertz CT molecular complexity index is 1220. The Morgan fingerprint density at radius 3 is 2.43 bits per heavy atom. The van der Waals surface area contributed by atoms with Gasteiger partial charge in [0.05, 0.1) is 0 Å². The predicted octanol–water partition coefficient (Wildman–Crippen LogP) is 5.37. The Morgan fingerprint density at radius 1 is 0.929 bits per heavy atom. The number of hydrogen-bond donors (Lipinski definition) is 0. The van der Waals surface area contributed by atoms with Gasteiger partial charge in [0.25, 0.3) is 5.22 Å². The highest BCUT2D eigenvalue weighted by atomic mass is 32.2. The third kappa shape index (κ3) is 3.60. The van der Waals surface area contributed by atoms with Crippen molar-refractivity contribution in [1.29, 1.82) is 0 Å². The molecule has 0 radical (unpaired) electrons. The number of thioether (sulfide) groups is 1. The molecule has 142 valence electrons. The molecular weight excluding hydrogens is 372 g/mol. The summed E-state index contributed by atoms with van der Waals surface area (Å²) < 4.78 is 11.3. The van der Waals surface area contributed by atoms with E-state index in [2.05, 4.69) is 16.3 Å². The van der Waals surface area contributed by atoms with Gasteiger partial charge < -0.3 is 8.83 Å². The number of aryl methyl sites for hydroxylation is 4. The van der Waals surface area contributed by atoms with Gasteiger partial charge in [0.1, 0.15) is 5.58 Å². The molecule has 0 bridgehead atoms. The molecule has 0 N–H and O–H groups in total. The van der Waals surface area contributed by atoms with E-state index in [1.807, 2.05) is 52.0 Å². The Hall–Kier alpha value is -2.86. The summed E-state index contributed by atoms with van der Waals surface area (Å²) in [4.78, 5) is 12.0. The highest BCUT2D eigenvalue weighted by molar-refractivity contribution is 7.98. The van der Waals surface area contributed by atoms with Crippen LogP contribution in [-0.2, 0) is 5.75 Å². The van der Waals surface area contributed by atoms with E-state index in [0.717, 1.165) is 38.8 Å². The molecular formula is C22H20N2O3S. The van der Waals surface area contributed by atoms with Gasteiger partial charge in [-0.1, -0.05) is 41.1 Å². The van der Waals surface area contributed by atoms with Gasteiger partial charge in [0.15, 0.2) is 0 Å². The van der Waals surface area contributed by atoms with Crippen LogP contribution in [0.1, 0.15) is 27.8 Å². The maximum absolute atomic E-state index is 12.0. The van der Waals surface area contributed by atoms with Gasteiger partial charge in [0, 0.05) is 22.8 Å². The van der Waals surface area contributed by atoms with Crippen LogP contribution in [0.25, 0.3) is 22.4 Å². The average molecular weight is 392 g/mol. The number of aromatic nitrogens is 2. The van der Waals surface area contributed by atoms with Crippen LogP contribution in [0.3, 0.4) is 0 Å². The SMILES string of the molecule is Cc1cc(C)cc(-c2nnc(SCc3cc(=O)oc4c(C)c(C)ccc34)o2)c1. The normalized spacial score (nSPS) is 11.3. The highest BCUT2D eigenvalue weighted by Gasteiger charge is 2.13. The first-order valence-corrected chi connectivity index (χ1v) is 9.97. The largest absolute Gasteiger partial charge is 0.422 e. The van der Waals surface area contributed by atoms with E-state index in [9.17, 15) is 4.79 Å². The van der Waals surface area contributed by atoms with Crippen LogP contribution in [0.15, 0.2) is 55.2 Å². The van der Waals surface area contributed by atoms with Crippen molar-refractivity contribution in [2.75, 3.05) is 0 Å². The third-order valence-electron chi connectivity index (χ3n) is 4.74. The fourth-order valence-electron chi connectivity index (χ4n) is 3.27. The van der Waals surface area contributed by atoms with E-state index in [1.54, 1.807) is 0 Å². The lowest BCUT2D eigenvalue weighted by Gasteiger charge is -2.07. The average Bonchev–Trinajstić information content (AvgIpc) is 3.11. The molecule has 4 rings (SSSR count). The van der Waals surface area contributed by atoms with Crippen LogP contribution in [0, 0.1) is 27.7 Å². The smallest absolute Gasteiger partial charge is 0.336 e. The minimum Gasteiger partial charge on any atom is -0.422 e. The molecule has 28 heavy (non-hydrogen) atoms. The lowest BCUT2D eigenvalue weighted by atomic mass is 10.0. The summed E-state index contributed by atoms with van der Waals surface area (Å²) in [5.74, 6) is 1.04. The second kappa shape index (κ2) is 7.28. The maximum atomic E-state index is 12.0. The number of hydrogen-bond acceptors (Lipinski definition) is 6. The fourth-order valence-corrected chi connectivity index (χ4v) is 4.02. The first-order chi connectivity index (χ1) is 13.4. The summed E-state index contributed by atoms with van der Waals surface area (Å²) in [6.07, 6.45) is 0. The van der Waals surface area contributed by atoms with Crippen LogP contribution in [0.2, 0.25) is 0 Å². The molecule has 0 unspecified atom stereocenters. The summed E-state index contributed by atoms with van der Waals surface area (Å²) in [6.45, 7) is 8.05. The molecule has 0 atom stereocenters. The van der Waals surface area contributed by atoms with Crippen molar-refractivity contribution in [2.45, 2.75) is 38.7 Å². The number of rotatable bonds is 4. The molecule has 0 amide bonds. The lowest BCUT2D eigenvalue weighted by molar-refractivity contribution is 0.465. The van der Waals surface area contributed by atoms with Gasteiger partial charge in [-0.25, -0.2) is 4.79 Å². The van der Waals surface area contributed by atoms with Crippen LogP contribution in [-0.4, -0.2) is 10.2 Å². The molecule has 0 fully saturated rings. The molecule has 0 spiro atoms. The van der Waals surface area contributed by atoms with E-state index in [1.165, 1.54) is 17.8 Å². The molecule has 0 saturated heterocycles. The second-order valence-electron chi connectivity index (χ2n) is 7.01. The zero-order valence-electron chi connectivity index (χ0n) is 16.2. The minimum atomic E-state index is -0.349. The zero-order valence-corrected chi connectivity index (χ0v) is 17.0. The summed E-state index contributed by atoms with van der Waals surface area (Å²) >= 11 is 1.41. The van der Waals surface area contributed by atoms with Crippen LogP contribution >= 0.6 is 11.8 Å². The topological polar surface area (TPSA) is 69.1 Å². The highest BCUT2D eigenvalue weighted by Crippen LogP contribution is 2.30. The molecule has 0 saturated carbocycles. The van der Waals surface area contributed by atoms with Crippen molar-refractivity contribution in [3.63, 3.8) is 0 Å². The zero-order chi connectivity index (χ0) is 19.8. The van der Waals surface area contributed by atoms with Crippen molar-refractivity contribution in [3.05, 3.63) is 74.6 Å². The summed E-state index contributed by atoms with van der Waals surface area (Å²) in [5.41, 5.74) is 6.47. The molecule has 0 aliphatic carbocycles. The van der Waals surface area contributed by atoms with E-state index in [0.29, 0.717) is 22.4 Å². The summed E-state index contributed by atoms with van der Waals surface area (Å²) in [7, 11) is 0. The van der Waals surface area contributed by atoms with Crippen molar-refractivity contribution in [2.24, 2.45) is 0 Å². The van der Waals surface area contributed by atoms with E-state index < -0.39 is 0 Å². The number of benzene rings is 2. The quantitative estimate of drug-likeness (QED) is 0.344. The van der Waals surface area contributed by atoms with Crippen molar-refractivity contribution in [3.8, 4) is 11.5 Å². The minimum absolute atomic E-state index is 0.349. The van der Waals surface area contributed by atoms with Gasteiger partial charge in [-0.3, -0.25) is 0 Å². The van der Waals surface area contributed by atoms with Crippen LogP contribution in [0.4, 0.5) is 0 Å². The standard InChI is InChI=1S/C22H20N2O3S/c1-12-7-13(2)9-16(8-12)21-23-24-22(27-21)28-11-17-10-19(25)26-20-15(4)14(3)5-6-18(17)20/h5-10H,11H2,1-4H3. The van der Waals surface area contributed by atoms with E-state index in [4.69, 9.17) is 8.83 Å². The summed E-state index contributed by atoms with van der Waals surface area (Å²) in [5, 5.41) is 9.72. The van der Waals surface area contributed by atoms with E-state index in [-0.39, 0.29) is 5.63 Å². The molecule has 2 aromatic heterocycles. The third-order valence-corrected chi connectivity index (χ3v) is 5.61. The molecule has 0 aliphatic heterocycles. The predicted molar refractivity (Wildman–Crippen MR) is 111 cm³/mol. The van der Waals surface area contributed by atoms with Gasteiger partial charge in [-0.05, 0) is 56.5 Å². The van der Waals surface area contributed by atoms with E-state index >= 15 is 0 Å². The number of fused-ring (bicyclic) bond motifs is 1. The molecule has 4 aromatic rings. The molecule has 2 heterocycles. The molecule has 0 aliphatic rings. The Kier molecular flexibility index (Phi) is 4.81. The van der Waals surface area contributed by atoms with Gasteiger partial charge in [-0.2, -0.15) is 0 Å². The molecule has 5 nitrogen and oxygen atoms in total. The monoisotopic (exact) mass is 392 g/mol. The van der Waals surface area contributed by atoms with Gasteiger partial charge in [-0.15, -0.1) is 10.2 Å². The van der Waals surface area contributed by atoms with Crippen LogP contribution < -0.4 is 5.63 Å². The second-order valence-corrected chi connectivity index (χ2v) is 7.94. The van der Waals surface area contributed by atoms with Crippen molar-refractivity contribution >= 4 is 22.7 Å². The first kappa shape index (κ1) is 18.5. The lowest BCUT2D eigenvalue weighted by Crippen LogP contribution is -2.01. The first-order valence-electron chi connectivity index (χ1n) is 8.98. The Morgan fingerprint density at radius 2 is 1.68 bits per heavy atom. The maximum Gasteiger partial charge on any atom is 0.336 e. The molecule has 2 aromatic carbocycles. The fraction of sp³-hybridized carbons (Fsp3) is 0.227. The Balaban J connectivity index is 1.61. The molecule has 6 heteroatoms. The van der Waals surface area contributed by atoms with Gasteiger partial charge in [0.2, 0.25) is 5.89 Å². The van der Waals surface area contributed by atoms with Crippen molar-refractivity contribution < 1.29 is 8.83 Å². The van der Waals surface area contributed by atoms with Gasteiger partial charge >= 0.3 is 5.63 Å².